The van der Waals surface area contributed by atoms with Gasteiger partial charge in [0.15, 0.2) is 0 Å². The molecule has 126 valence electrons. The Morgan fingerprint density at radius 1 is 1.00 bits per heavy atom. The number of amides is 1. The molecule has 0 spiro atoms. The highest BCUT2D eigenvalue weighted by atomic mass is 19.1. The summed E-state index contributed by atoms with van der Waals surface area (Å²) in [6.07, 6.45) is 1.53. The van der Waals surface area contributed by atoms with E-state index in [-0.39, 0.29) is 11.7 Å². The van der Waals surface area contributed by atoms with Crippen molar-refractivity contribution in [2.24, 2.45) is 0 Å². The molecule has 0 atom stereocenters. The van der Waals surface area contributed by atoms with E-state index < -0.39 is 0 Å². The second-order valence-electron chi connectivity index (χ2n) is 5.79. The van der Waals surface area contributed by atoms with Crippen molar-refractivity contribution in [2.45, 2.75) is 13.8 Å². The maximum atomic E-state index is 13.6. The topological polar surface area (TPSA) is 54.0 Å². The molecular formula is C20H18FN3O. The zero-order chi connectivity index (χ0) is 17.8. The summed E-state index contributed by atoms with van der Waals surface area (Å²) >= 11 is 0. The number of hydrogen-bond donors (Lipinski definition) is 2. The van der Waals surface area contributed by atoms with Crippen LogP contribution in [0.15, 0.2) is 60.8 Å². The molecule has 1 amide bonds. The van der Waals surface area contributed by atoms with Crippen molar-refractivity contribution in [2.75, 3.05) is 10.6 Å². The standard InChI is InChI=1S/C20H18FN3O/c1-13-7-8-15(11-14(13)2)20(25)23-16-9-10-19(22-12-16)24-18-6-4-3-5-17(18)21/h3-12H,1-2H3,(H,22,24)(H,23,25). The Bertz CT molecular complexity index is 907. The Morgan fingerprint density at radius 3 is 2.48 bits per heavy atom. The highest BCUT2D eigenvalue weighted by molar-refractivity contribution is 6.04. The lowest BCUT2D eigenvalue weighted by Gasteiger charge is -2.09. The summed E-state index contributed by atoms with van der Waals surface area (Å²) in [6.45, 7) is 3.97. The molecule has 2 aromatic carbocycles. The lowest BCUT2D eigenvalue weighted by molar-refractivity contribution is 0.102. The van der Waals surface area contributed by atoms with Gasteiger partial charge in [0, 0.05) is 5.56 Å². The number of aryl methyl sites for hydroxylation is 2. The van der Waals surface area contributed by atoms with Crippen LogP contribution in [0.25, 0.3) is 0 Å². The van der Waals surface area contributed by atoms with Gasteiger partial charge in [-0.25, -0.2) is 9.37 Å². The van der Waals surface area contributed by atoms with E-state index in [1.165, 1.54) is 12.3 Å². The molecule has 0 unspecified atom stereocenters. The molecule has 1 aromatic heterocycles. The number of halogens is 1. The van der Waals surface area contributed by atoms with Crippen molar-refractivity contribution in [3.8, 4) is 0 Å². The molecule has 0 saturated heterocycles. The molecular weight excluding hydrogens is 317 g/mol. The molecule has 1 heterocycles. The smallest absolute Gasteiger partial charge is 0.255 e. The van der Waals surface area contributed by atoms with Crippen molar-refractivity contribution in [3.05, 3.63) is 83.3 Å². The predicted octanol–water partition coefficient (Wildman–Crippen LogP) is 4.83. The highest BCUT2D eigenvalue weighted by Gasteiger charge is 2.08. The molecule has 0 saturated carbocycles. The van der Waals surface area contributed by atoms with Gasteiger partial charge in [-0.05, 0) is 61.4 Å². The van der Waals surface area contributed by atoms with Crippen LogP contribution in [0.2, 0.25) is 0 Å². The fraction of sp³-hybridized carbons (Fsp3) is 0.100. The zero-order valence-electron chi connectivity index (χ0n) is 14.0. The normalized spacial score (nSPS) is 10.4. The van der Waals surface area contributed by atoms with Crippen molar-refractivity contribution in [1.29, 1.82) is 0 Å². The van der Waals surface area contributed by atoms with Gasteiger partial charge < -0.3 is 10.6 Å². The lowest BCUT2D eigenvalue weighted by atomic mass is 10.1. The number of benzene rings is 2. The number of anilines is 3. The molecule has 5 heteroatoms. The average molecular weight is 335 g/mol. The summed E-state index contributed by atoms with van der Waals surface area (Å²) < 4.78 is 13.6. The van der Waals surface area contributed by atoms with Crippen LogP contribution in [-0.4, -0.2) is 10.9 Å². The number of nitrogens with one attached hydrogen (secondary N) is 2. The van der Waals surface area contributed by atoms with E-state index in [2.05, 4.69) is 15.6 Å². The molecule has 4 nitrogen and oxygen atoms in total. The van der Waals surface area contributed by atoms with Crippen molar-refractivity contribution < 1.29 is 9.18 Å². The predicted molar refractivity (Wildman–Crippen MR) is 97.8 cm³/mol. The fourth-order valence-electron chi connectivity index (χ4n) is 2.33. The summed E-state index contributed by atoms with van der Waals surface area (Å²) in [5, 5.41) is 5.70. The van der Waals surface area contributed by atoms with Crippen LogP contribution in [0.4, 0.5) is 21.6 Å². The first-order valence-electron chi connectivity index (χ1n) is 7.89. The van der Waals surface area contributed by atoms with Gasteiger partial charge in [-0.1, -0.05) is 18.2 Å². The number of nitrogens with zero attached hydrogens (tertiary/aromatic N) is 1. The second-order valence-corrected chi connectivity index (χ2v) is 5.79. The first kappa shape index (κ1) is 16.6. The molecule has 0 aliphatic heterocycles. The molecule has 3 rings (SSSR count). The number of carbonyl (C=O) groups is 1. The molecule has 0 fully saturated rings. The number of carbonyl (C=O) groups excluding carboxylic acids is 1. The first-order valence-corrected chi connectivity index (χ1v) is 7.89. The number of pyridine rings is 1. The third-order valence-corrected chi connectivity index (χ3v) is 3.93. The van der Waals surface area contributed by atoms with Gasteiger partial charge in [0.1, 0.15) is 11.6 Å². The zero-order valence-corrected chi connectivity index (χ0v) is 14.0. The molecule has 0 aliphatic rings. The minimum Gasteiger partial charge on any atom is -0.338 e. The Labute approximate surface area is 145 Å². The van der Waals surface area contributed by atoms with Gasteiger partial charge in [-0.15, -0.1) is 0 Å². The number of rotatable bonds is 4. The van der Waals surface area contributed by atoms with E-state index in [1.54, 1.807) is 36.4 Å². The van der Waals surface area contributed by atoms with Crippen LogP contribution in [0.3, 0.4) is 0 Å². The minimum atomic E-state index is -0.351. The van der Waals surface area contributed by atoms with E-state index in [0.717, 1.165) is 11.1 Å². The largest absolute Gasteiger partial charge is 0.338 e. The number of hydrogen-bond acceptors (Lipinski definition) is 3. The van der Waals surface area contributed by atoms with E-state index in [4.69, 9.17) is 0 Å². The van der Waals surface area contributed by atoms with Crippen molar-refractivity contribution in [3.63, 3.8) is 0 Å². The quantitative estimate of drug-likeness (QED) is 0.718. The third kappa shape index (κ3) is 4.01. The van der Waals surface area contributed by atoms with Crippen LogP contribution < -0.4 is 10.6 Å². The second kappa shape index (κ2) is 7.13. The van der Waals surface area contributed by atoms with Crippen LogP contribution in [0, 0.1) is 19.7 Å². The Hall–Kier alpha value is -3.21. The van der Waals surface area contributed by atoms with Gasteiger partial charge >= 0.3 is 0 Å². The van der Waals surface area contributed by atoms with Crippen LogP contribution in [-0.2, 0) is 0 Å². The summed E-state index contributed by atoms with van der Waals surface area (Å²) in [7, 11) is 0. The molecule has 2 N–H and O–H groups in total. The van der Waals surface area contributed by atoms with Crippen LogP contribution in [0.1, 0.15) is 21.5 Å². The highest BCUT2D eigenvalue weighted by Crippen LogP contribution is 2.19. The average Bonchev–Trinajstić information content (AvgIpc) is 2.61. The SMILES string of the molecule is Cc1ccc(C(=O)Nc2ccc(Nc3ccccc3F)nc2)cc1C. The van der Waals surface area contributed by atoms with E-state index in [1.807, 2.05) is 26.0 Å². The van der Waals surface area contributed by atoms with Crippen molar-refractivity contribution >= 4 is 23.1 Å². The molecule has 0 aliphatic carbocycles. The van der Waals surface area contributed by atoms with Crippen molar-refractivity contribution in [1.82, 2.24) is 4.98 Å². The maximum absolute atomic E-state index is 13.6. The van der Waals surface area contributed by atoms with Gasteiger partial charge in [0.25, 0.3) is 5.91 Å². The summed E-state index contributed by atoms with van der Waals surface area (Å²) in [5.74, 6) is -0.0505. The summed E-state index contributed by atoms with van der Waals surface area (Å²) in [6, 6.07) is 15.3. The Morgan fingerprint density at radius 2 is 1.80 bits per heavy atom. The summed E-state index contributed by atoms with van der Waals surface area (Å²) in [4.78, 5) is 16.5. The van der Waals surface area contributed by atoms with E-state index >= 15 is 0 Å². The van der Waals surface area contributed by atoms with Crippen LogP contribution >= 0.6 is 0 Å². The Kier molecular flexibility index (Phi) is 4.75. The molecule has 3 aromatic rings. The molecule has 0 bridgehead atoms. The number of aromatic nitrogens is 1. The van der Waals surface area contributed by atoms with Crippen LogP contribution in [0.5, 0.6) is 0 Å². The van der Waals surface area contributed by atoms with E-state index in [0.29, 0.717) is 22.8 Å². The van der Waals surface area contributed by atoms with Gasteiger partial charge in [0.2, 0.25) is 0 Å². The lowest BCUT2D eigenvalue weighted by Crippen LogP contribution is -2.12. The minimum absolute atomic E-state index is 0.195. The third-order valence-electron chi connectivity index (χ3n) is 3.93. The summed E-state index contributed by atoms with van der Waals surface area (Å²) in [5.41, 5.74) is 3.72. The number of para-hydroxylation sites is 1. The molecule has 25 heavy (non-hydrogen) atoms. The maximum Gasteiger partial charge on any atom is 0.255 e. The fourth-order valence-corrected chi connectivity index (χ4v) is 2.33. The van der Waals surface area contributed by atoms with Gasteiger partial charge in [0.05, 0.1) is 17.6 Å². The molecule has 0 radical (unpaired) electrons. The van der Waals surface area contributed by atoms with Gasteiger partial charge in [-0.3, -0.25) is 4.79 Å². The van der Waals surface area contributed by atoms with Gasteiger partial charge in [-0.2, -0.15) is 0 Å². The first-order chi connectivity index (χ1) is 12.0. The Balaban J connectivity index is 1.69. The van der Waals surface area contributed by atoms with E-state index in [9.17, 15) is 9.18 Å². The monoisotopic (exact) mass is 335 g/mol.